The van der Waals surface area contributed by atoms with Gasteiger partial charge in [0.05, 0.1) is 0 Å². The summed E-state index contributed by atoms with van der Waals surface area (Å²) in [5.74, 6) is 0.464. The van der Waals surface area contributed by atoms with Gasteiger partial charge in [0, 0.05) is 29.2 Å². The van der Waals surface area contributed by atoms with Gasteiger partial charge in [-0.05, 0) is 43.5 Å². The molecule has 1 aromatic rings. The monoisotopic (exact) mass is 380 g/mol. The van der Waals surface area contributed by atoms with Crippen LogP contribution in [0.1, 0.15) is 48.9 Å². The topological polar surface area (TPSA) is 79.5 Å². The van der Waals surface area contributed by atoms with Crippen LogP contribution in [0.25, 0.3) is 0 Å². The molecule has 0 atom stereocenters. The molecule has 4 N–H and O–H groups in total. The Morgan fingerprint density at radius 1 is 1.22 bits per heavy atom. The molecule has 23 heavy (non-hydrogen) atoms. The second kappa shape index (κ2) is 9.55. The van der Waals surface area contributed by atoms with Crippen LogP contribution >= 0.6 is 15.9 Å². The lowest BCUT2D eigenvalue weighted by atomic mass is 9.96. The van der Waals surface area contributed by atoms with Crippen LogP contribution in [-0.2, 0) is 0 Å². The number of hydrogen-bond donors (Lipinski definition) is 3. The van der Waals surface area contributed by atoms with Crippen LogP contribution in [0, 0.1) is 0 Å². The van der Waals surface area contributed by atoms with E-state index in [0.717, 1.165) is 10.9 Å². The molecule has 0 radical (unpaired) electrons. The van der Waals surface area contributed by atoms with Crippen LogP contribution < -0.4 is 16.4 Å². The van der Waals surface area contributed by atoms with Crippen molar-refractivity contribution in [3.05, 3.63) is 34.3 Å². The molecule has 0 unspecified atom stereocenters. The van der Waals surface area contributed by atoms with Crippen molar-refractivity contribution in [2.24, 2.45) is 10.7 Å². The smallest absolute Gasteiger partial charge is 0.251 e. The second-order valence-corrected chi connectivity index (χ2v) is 6.78. The van der Waals surface area contributed by atoms with Gasteiger partial charge in [0.15, 0.2) is 5.96 Å². The van der Waals surface area contributed by atoms with E-state index in [-0.39, 0.29) is 5.91 Å². The zero-order valence-electron chi connectivity index (χ0n) is 13.4. The first-order chi connectivity index (χ1) is 11.1. The Morgan fingerprint density at radius 3 is 2.61 bits per heavy atom. The highest BCUT2D eigenvalue weighted by atomic mass is 79.9. The van der Waals surface area contributed by atoms with Crippen molar-refractivity contribution in [3.63, 3.8) is 0 Å². The number of nitrogens with two attached hydrogens (primary N) is 1. The number of nitrogens with zero attached hydrogens (tertiary/aromatic N) is 1. The van der Waals surface area contributed by atoms with Gasteiger partial charge in [-0.25, -0.2) is 0 Å². The maximum Gasteiger partial charge on any atom is 0.251 e. The molecule has 0 saturated heterocycles. The fourth-order valence-corrected chi connectivity index (χ4v) is 2.95. The summed E-state index contributed by atoms with van der Waals surface area (Å²) >= 11 is 3.35. The zero-order chi connectivity index (χ0) is 16.5. The summed E-state index contributed by atoms with van der Waals surface area (Å²) in [7, 11) is 0. The third-order valence-corrected chi connectivity index (χ3v) is 4.49. The predicted molar refractivity (Wildman–Crippen MR) is 97.6 cm³/mol. The third kappa shape index (κ3) is 6.60. The number of aliphatic imine (C=N–C) groups is 1. The fourth-order valence-electron chi connectivity index (χ4n) is 2.69. The van der Waals surface area contributed by atoms with Crippen molar-refractivity contribution in [2.75, 3.05) is 13.1 Å². The number of hydrogen-bond acceptors (Lipinski definition) is 2. The summed E-state index contributed by atoms with van der Waals surface area (Å²) in [5.41, 5.74) is 6.56. The van der Waals surface area contributed by atoms with Gasteiger partial charge in [-0.15, -0.1) is 0 Å². The summed E-state index contributed by atoms with van der Waals surface area (Å²) in [5, 5.41) is 6.17. The summed E-state index contributed by atoms with van der Waals surface area (Å²) in [6.07, 6.45) is 7.00. The summed E-state index contributed by atoms with van der Waals surface area (Å²) in [4.78, 5) is 16.2. The maximum atomic E-state index is 11.9. The number of amides is 1. The van der Waals surface area contributed by atoms with Crippen molar-refractivity contribution in [3.8, 4) is 0 Å². The van der Waals surface area contributed by atoms with E-state index in [0.29, 0.717) is 30.7 Å². The van der Waals surface area contributed by atoms with Gasteiger partial charge < -0.3 is 16.4 Å². The van der Waals surface area contributed by atoms with Gasteiger partial charge in [0.2, 0.25) is 0 Å². The maximum absolute atomic E-state index is 11.9. The Bertz CT molecular complexity index is 524. The standard InChI is InChI=1S/C17H25BrN4O/c18-14-9-7-13(8-10-14)16(23)20-11-4-12-21-17(19)22-15-5-2-1-3-6-15/h7-10,15H,1-6,11-12H2,(H,20,23)(H3,19,21,22). The van der Waals surface area contributed by atoms with Crippen LogP contribution in [0.15, 0.2) is 33.7 Å². The summed E-state index contributed by atoms with van der Waals surface area (Å²) < 4.78 is 0.962. The fraction of sp³-hybridized carbons (Fsp3) is 0.529. The lowest BCUT2D eigenvalue weighted by molar-refractivity contribution is 0.0953. The van der Waals surface area contributed by atoms with Crippen LogP contribution in [-0.4, -0.2) is 31.0 Å². The highest BCUT2D eigenvalue weighted by Crippen LogP contribution is 2.17. The molecule has 1 aliphatic carbocycles. The molecule has 0 spiro atoms. The van der Waals surface area contributed by atoms with Gasteiger partial charge in [-0.1, -0.05) is 35.2 Å². The van der Waals surface area contributed by atoms with Gasteiger partial charge in [-0.2, -0.15) is 0 Å². The number of carbonyl (C=O) groups is 1. The number of halogens is 1. The normalized spacial score (nSPS) is 16.1. The molecule has 1 amide bonds. The molecule has 1 aromatic carbocycles. The first-order valence-electron chi connectivity index (χ1n) is 8.25. The molecule has 6 heteroatoms. The predicted octanol–water partition coefficient (Wildman–Crippen LogP) is 2.81. The Kier molecular flexibility index (Phi) is 7.39. The number of nitrogens with one attached hydrogen (secondary N) is 2. The first-order valence-corrected chi connectivity index (χ1v) is 9.04. The third-order valence-electron chi connectivity index (χ3n) is 3.97. The van der Waals surface area contributed by atoms with Gasteiger partial charge in [0.1, 0.15) is 0 Å². The van der Waals surface area contributed by atoms with Crippen LogP contribution in [0.5, 0.6) is 0 Å². The average molecular weight is 381 g/mol. The summed E-state index contributed by atoms with van der Waals surface area (Å²) in [6, 6.07) is 7.78. The number of carbonyl (C=O) groups excluding carboxylic acids is 1. The van der Waals surface area contributed by atoms with E-state index in [2.05, 4.69) is 31.6 Å². The van der Waals surface area contributed by atoms with Crippen molar-refractivity contribution >= 4 is 27.8 Å². The largest absolute Gasteiger partial charge is 0.370 e. The Hall–Kier alpha value is -1.56. The Morgan fingerprint density at radius 2 is 1.91 bits per heavy atom. The lowest BCUT2D eigenvalue weighted by Gasteiger charge is -2.23. The lowest BCUT2D eigenvalue weighted by Crippen LogP contribution is -2.41. The van der Waals surface area contributed by atoms with E-state index in [9.17, 15) is 4.79 Å². The van der Waals surface area contributed by atoms with Crippen molar-refractivity contribution in [1.29, 1.82) is 0 Å². The van der Waals surface area contributed by atoms with Crippen molar-refractivity contribution in [1.82, 2.24) is 10.6 Å². The summed E-state index contributed by atoms with van der Waals surface area (Å²) in [6.45, 7) is 1.21. The minimum atomic E-state index is -0.0604. The molecule has 1 fully saturated rings. The van der Waals surface area contributed by atoms with E-state index < -0.39 is 0 Å². The van der Waals surface area contributed by atoms with E-state index in [1.54, 1.807) is 12.1 Å². The highest BCUT2D eigenvalue weighted by Gasteiger charge is 2.13. The van der Waals surface area contributed by atoms with Crippen molar-refractivity contribution in [2.45, 2.75) is 44.6 Å². The average Bonchev–Trinajstić information content (AvgIpc) is 2.56. The van der Waals surface area contributed by atoms with Crippen molar-refractivity contribution < 1.29 is 4.79 Å². The molecule has 1 saturated carbocycles. The number of guanidine groups is 1. The molecule has 0 aliphatic heterocycles. The van der Waals surface area contributed by atoms with Gasteiger partial charge >= 0.3 is 0 Å². The minimum Gasteiger partial charge on any atom is -0.370 e. The molecule has 0 aromatic heterocycles. The number of rotatable bonds is 6. The molecular formula is C17H25BrN4O. The second-order valence-electron chi connectivity index (χ2n) is 5.86. The molecule has 126 valence electrons. The van der Waals surface area contributed by atoms with E-state index in [1.165, 1.54) is 32.1 Å². The SMILES string of the molecule is NC(=NCCCNC(=O)c1ccc(Br)cc1)NC1CCCCC1. The Balaban J connectivity index is 1.61. The highest BCUT2D eigenvalue weighted by molar-refractivity contribution is 9.10. The molecule has 1 aliphatic rings. The number of benzene rings is 1. The Labute approximate surface area is 146 Å². The van der Waals surface area contributed by atoms with E-state index >= 15 is 0 Å². The zero-order valence-corrected chi connectivity index (χ0v) is 14.9. The molecule has 0 heterocycles. The van der Waals surface area contributed by atoms with Crippen LogP contribution in [0.3, 0.4) is 0 Å². The quantitative estimate of drug-likeness (QED) is 0.403. The van der Waals surface area contributed by atoms with E-state index in [4.69, 9.17) is 5.73 Å². The van der Waals surface area contributed by atoms with Gasteiger partial charge in [-0.3, -0.25) is 9.79 Å². The molecule has 2 rings (SSSR count). The van der Waals surface area contributed by atoms with Crippen LogP contribution in [0.4, 0.5) is 0 Å². The molecule has 0 bridgehead atoms. The first kappa shape index (κ1) is 17.8. The minimum absolute atomic E-state index is 0.0604. The molecular weight excluding hydrogens is 356 g/mol. The van der Waals surface area contributed by atoms with E-state index in [1.807, 2.05) is 12.1 Å². The van der Waals surface area contributed by atoms with Crippen LogP contribution in [0.2, 0.25) is 0 Å². The van der Waals surface area contributed by atoms with Gasteiger partial charge in [0.25, 0.3) is 5.91 Å². The molecule has 5 nitrogen and oxygen atoms in total.